The fourth-order valence-corrected chi connectivity index (χ4v) is 6.62. The van der Waals surface area contributed by atoms with Crippen LogP contribution in [0.25, 0.3) is 0 Å². The Balaban J connectivity index is 1.12. The number of amides is 2. The molecule has 7 heteroatoms. The largest absolute Gasteiger partial charge is 0.497 e. The third-order valence-electron chi connectivity index (χ3n) is 8.35. The topological polar surface area (TPSA) is 90.0 Å². The fraction of sp³-hybridized carbons (Fsp3) is 0.290. The molecule has 5 atom stereocenters. The van der Waals surface area contributed by atoms with Crippen LogP contribution in [-0.4, -0.2) is 37.3 Å². The lowest BCUT2D eigenvalue weighted by atomic mass is 9.73. The van der Waals surface area contributed by atoms with Crippen molar-refractivity contribution in [3.8, 4) is 5.75 Å². The van der Waals surface area contributed by atoms with E-state index in [1.165, 1.54) is 29.7 Å². The van der Waals surface area contributed by atoms with Crippen molar-refractivity contribution in [3.05, 3.63) is 95.6 Å². The van der Waals surface area contributed by atoms with Crippen molar-refractivity contribution in [1.29, 1.82) is 0 Å². The summed E-state index contributed by atoms with van der Waals surface area (Å²) >= 11 is 0. The highest BCUT2D eigenvalue weighted by Gasteiger charge is 2.64. The van der Waals surface area contributed by atoms with Gasteiger partial charge < -0.3 is 9.47 Å². The average Bonchev–Trinajstić information content (AvgIpc) is 3.63. The van der Waals surface area contributed by atoms with E-state index >= 15 is 0 Å². The maximum Gasteiger partial charge on any atom is 0.338 e. The molecule has 3 fully saturated rings. The minimum atomic E-state index is -0.655. The first-order valence-electron chi connectivity index (χ1n) is 12.8. The molecule has 0 N–H and O–H groups in total. The summed E-state index contributed by atoms with van der Waals surface area (Å²) in [6.45, 7) is -0.398. The van der Waals surface area contributed by atoms with Crippen molar-refractivity contribution < 1.29 is 28.7 Å². The van der Waals surface area contributed by atoms with Crippen LogP contribution in [0.15, 0.2) is 78.9 Å². The number of carbonyl (C=O) groups excluding carboxylic acids is 4. The summed E-state index contributed by atoms with van der Waals surface area (Å²) < 4.78 is 10.3. The van der Waals surface area contributed by atoms with E-state index in [1.807, 2.05) is 18.2 Å². The first-order chi connectivity index (χ1) is 18.5. The highest BCUT2D eigenvalue weighted by molar-refractivity contribution is 6.22. The standard InChI is InChI=1S/C31H27NO6/c1-37-23-13-9-19(10-14-23)26(33)17-38-31(36)20-7-11-22(12-8-20)32-29(34)27-21-15-24(18-5-3-2-4-6-18)25(16-21)28(27)30(32)35/h2-14,21,24-25,27-28H,15-17H2,1H3/t21-,24+,25+,27+,28+/m0/s1. The van der Waals surface area contributed by atoms with E-state index in [0.717, 1.165) is 12.8 Å². The molecule has 6 rings (SSSR count). The number of imide groups is 1. The molecule has 2 aliphatic carbocycles. The molecule has 1 aliphatic heterocycles. The Hall–Kier alpha value is -4.26. The summed E-state index contributed by atoms with van der Waals surface area (Å²) in [5, 5.41) is 0. The van der Waals surface area contributed by atoms with Crippen LogP contribution in [-0.2, 0) is 14.3 Å². The SMILES string of the molecule is COc1ccc(C(=O)COC(=O)c2ccc(N3C(=O)[C@@H]4[C@@H]5C[C@@H]([C@H]4C3=O)[C@@H](c3ccccc3)C5)cc2)cc1. The molecule has 1 saturated heterocycles. The van der Waals surface area contributed by atoms with Gasteiger partial charge in [-0.3, -0.25) is 19.3 Å². The van der Waals surface area contributed by atoms with Crippen molar-refractivity contribution >= 4 is 29.3 Å². The quantitative estimate of drug-likeness (QED) is 0.261. The Bertz CT molecular complexity index is 1400. The number of hydrogen-bond acceptors (Lipinski definition) is 6. The zero-order valence-electron chi connectivity index (χ0n) is 20.9. The number of carbonyl (C=O) groups is 4. The summed E-state index contributed by atoms with van der Waals surface area (Å²) in [6, 6.07) is 23.0. The molecule has 2 amide bonds. The van der Waals surface area contributed by atoms with Gasteiger partial charge in [-0.25, -0.2) is 4.79 Å². The van der Waals surface area contributed by atoms with Gasteiger partial charge in [0.1, 0.15) is 5.75 Å². The van der Waals surface area contributed by atoms with Crippen LogP contribution in [0.3, 0.4) is 0 Å². The van der Waals surface area contributed by atoms with Gasteiger partial charge >= 0.3 is 5.97 Å². The molecular formula is C31H27NO6. The van der Waals surface area contributed by atoms with E-state index in [1.54, 1.807) is 36.4 Å². The smallest absolute Gasteiger partial charge is 0.338 e. The Labute approximate surface area is 220 Å². The van der Waals surface area contributed by atoms with E-state index in [4.69, 9.17) is 9.47 Å². The Morgan fingerprint density at radius 3 is 2.16 bits per heavy atom. The zero-order valence-corrected chi connectivity index (χ0v) is 20.9. The van der Waals surface area contributed by atoms with E-state index in [2.05, 4.69) is 12.1 Å². The first kappa shape index (κ1) is 24.1. The molecule has 7 nitrogen and oxygen atoms in total. The third-order valence-corrected chi connectivity index (χ3v) is 8.35. The summed E-state index contributed by atoms with van der Waals surface area (Å²) in [7, 11) is 1.54. The fourth-order valence-electron chi connectivity index (χ4n) is 6.62. The minimum Gasteiger partial charge on any atom is -0.497 e. The van der Waals surface area contributed by atoms with Crippen molar-refractivity contribution in [2.45, 2.75) is 18.8 Å². The number of benzene rings is 3. The molecule has 0 unspecified atom stereocenters. The molecular weight excluding hydrogens is 482 g/mol. The van der Waals surface area contributed by atoms with E-state index in [-0.39, 0.29) is 46.8 Å². The van der Waals surface area contributed by atoms with Crippen molar-refractivity contribution in [1.82, 2.24) is 0 Å². The van der Waals surface area contributed by atoms with Gasteiger partial charge in [0.2, 0.25) is 11.8 Å². The molecule has 0 spiro atoms. The van der Waals surface area contributed by atoms with Gasteiger partial charge in [0.25, 0.3) is 0 Å². The van der Waals surface area contributed by atoms with Crippen LogP contribution < -0.4 is 9.64 Å². The number of anilines is 1. The first-order valence-corrected chi connectivity index (χ1v) is 12.8. The van der Waals surface area contributed by atoms with Gasteiger partial charge in [-0.05, 0) is 84.7 Å². The third kappa shape index (κ3) is 3.99. The van der Waals surface area contributed by atoms with Gasteiger partial charge in [-0.15, -0.1) is 0 Å². The predicted octanol–water partition coefficient (Wildman–Crippen LogP) is 4.66. The molecule has 192 valence electrons. The number of fused-ring (bicyclic) bond motifs is 5. The normalized spacial score (nSPS) is 25.4. The van der Waals surface area contributed by atoms with Crippen LogP contribution in [0.4, 0.5) is 5.69 Å². The van der Waals surface area contributed by atoms with Gasteiger partial charge in [0.05, 0.1) is 30.2 Å². The van der Waals surface area contributed by atoms with Gasteiger partial charge in [0.15, 0.2) is 12.4 Å². The molecule has 38 heavy (non-hydrogen) atoms. The van der Waals surface area contributed by atoms with Crippen molar-refractivity contribution in [3.63, 3.8) is 0 Å². The van der Waals surface area contributed by atoms with Crippen LogP contribution in [0, 0.1) is 23.7 Å². The van der Waals surface area contributed by atoms with Gasteiger partial charge in [-0.1, -0.05) is 30.3 Å². The average molecular weight is 510 g/mol. The summed E-state index contributed by atoms with van der Waals surface area (Å²) in [4.78, 5) is 53.0. The molecule has 1 heterocycles. The summed E-state index contributed by atoms with van der Waals surface area (Å²) in [5.41, 5.74) is 2.34. The second-order valence-corrected chi connectivity index (χ2v) is 10.3. The van der Waals surface area contributed by atoms with Gasteiger partial charge in [0, 0.05) is 5.56 Å². The lowest BCUT2D eigenvalue weighted by molar-refractivity contribution is -0.123. The Morgan fingerprint density at radius 1 is 0.816 bits per heavy atom. The zero-order chi connectivity index (χ0) is 26.4. The molecule has 3 aromatic rings. The number of nitrogens with zero attached hydrogens (tertiary/aromatic N) is 1. The Morgan fingerprint density at radius 2 is 1.47 bits per heavy atom. The second kappa shape index (κ2) is 9.56. The molecule has 3 aromatic carbocycles. The molecule has 2 bridgehead atoms. The molecule has 0 radical (unpaired) electrons. The number of rotatable bonds is 7. The number of ether oxygens (including phenoxy) is 2. The van der Waals surface area contributed by atoms with Crippen LogP contribution in [0.1, 0.15) is 45.0 Å². The number of Topliss-reactive ketones (excluding diaryl/α,β-unsaturated/α-hetero) is 1. The number of esters is 1. The maximum atomic E-state index is 13.5. The molecule has 0 aromatic heterocycles. The lowest BCUT2D eigenvalue weighted by Gasteiger charge is -2.28. The predicted molar refractivity (Wildman–Crippen MR) is 139 cm³/mol. The molecule has 2 saturated carbocycles. The number of ketones is 1. The van der Waals surface area contributed by atoms with Crippen LogP contribution in [0.5, 0.6) is 5.75 Å². The number of methoxy groups -OCH3 is 1. The van der Waals surface area contributed by atoms with Crippen molar-refractivity contribution in [2.24, 2.45) is 23.7 Å². The van der Waals surface area contributed by atoms with E-state index in [9.17, 15) is 19.2 Å². The van der Waals surface area contributed by atoms with Crippen molar-refractivity contribution in [2.75, 3.05) is 18.6 Å². The summed E-state index contributed by atoms with van der Waals surface area (Å²) in [5.74, 6) is -0.508. The monoisotopic (exact) mass is 509 g/mol. The molecule has 3 aliphatic rings. The number of hydrogen-bond donors (Lipinski definition) is 0. The summed E-state index contributed by atoms with van der Waals surface area (Å²) in [6.07, 6.45) is 1.85. The van der Waals surface area contributed by atoms with E-state index in [0.29, 0.717) is 22.9 Å². The van der Waals surface area contributed by atoms with Gasteiger partial charge in [-0.2, -0.15) is 0 Å². The Kier molecular flexibility index (Phi) is 6.06. The highest BCUT2D eigenvalue weighted by Crippen LogP contribution is 2.61. The maximum absolute atomic E-state index is 13.5. The van der Waals surface area contributed by atoms with Crippen LogP contribution >= 0.6 is 0 Å². The minimum absolute atomic E-state index is 0.139. The van der Waals surface area contributed by atoms with Crippen LogP contribution in [0.2, 0.25) is 0 Å². The van der Waals surface area contributed by atoms with E-state index < -0.39 is 12.6 Å². The lowest BCUT2D eigenvalue weighted by Crippen LogP contribution is -2.33. The highest BCUT2D eigenvalue weighted by atomic mass is 16.5. The second-order valence-electron chi connectivity index (χ2n) is 10.3.